The van der Waals surface area contributed by atoms with E-state index in [0.29, 0.717) is 79.2 Å². The number of amides is 2. The minimum Gasteiger partial charge on any atom is -0.450 e. The molecule has 0 saturated carbocycles. The van der Waals surface area contributed by atoms with E-state index in [4.69, 9.17) is 16.3 Å². The van der Waals surface area contributed by atoms with Crippen LogP contribution < -0.4 is 5.32 Å². The van der Waals surface area contributed by atoms with Gasteiger partial charge in [0.1, 0.15) is 17.1 Å². The lowest BCUT2D eigenvalue weighted by molar-refractivity contribution is -0.0389. The van der Waals surface area contributed by atoms with Crippen LogP contribution in [0.2, 0.25) is 5.02 Å². The molecule has 1 aromatic heterocycles. The fraction of sp³-hybridized carbons (Fsp3) is 0.346. The molecule has 10 heteroatoms. The molecule has 3 aliphatic rings. The summed E-state index contributed by atoms with van der Waals surface area (Å²) in [5.41, 5.74) is 1.24. The Morgan fingerprint density at radius 3 is 2.44 bits per heavy atom. The largest absolute Gasteiger partial charge is 0.450 e. The lowest BCUT2D eigenvalue weighted by Gasteiger charge is -2.38. The van der Waals surface area contributed by atoms with Crippen LogP contribution in [0.5, 0.6) is 0 Å². The molecule has 2 fully saturated rings. The maximum absolute atomic E-state index is 13.9. The van der Waals surface area contributed by atoms with Crippen LogP contribution in [0.25, 0.3) is 10.9 Å². The molecule has 0 unspecified atom stereocenters. The number of esters is 1. The highest BCUT2D eigenvalue weighted by Gasteiger charge is 2.48. The number of nitrogens with zero attached hydrogens (tertiary/aromatic N) is 2. The second kappa shape index (κ2) is 8.60. The Morgan fingerprint density at radius 2 is 1.69 bits per heavy atom. The molecule has 3 aromatic rings. The Hall–Kier alpha value is -3.43. The van der Waals surface area contributed by atoms with Crippen molar-refractivity contribution in [1.82, 2.24) is 20.1 Å². The number of aromatic amines is 1. The van der Waals surface area contributed by atoms with Crippen molar-refractivity contribution < 1.29 is 23.5 Å². The van der Waals surface area contributed by atoms with E-state index in [2.05, 4.69) is 10.3 Å². The smallest absolute Gasteiger partial charge is 0.339 e. The van der Waals surface area contributed by atoms with Crippen molar-refractivity contribution in [3.8, 4) is 0 Å². The van der Waals surface area contributed by atoms with Crippen LogP contribution >= 0.6 is 11.6 Å². The molecule has 0 atom stereocenters. The number of piperidine rings is 1. The monoisotopic (exact) mass is 510 g/mol. The van der Waals surface area contributed by atoms with Gasteiger partial charge in [0.15, 0.2) is 0 Å². The molecule has 0 radical (unpaired) electrons. The molecule has 3 aliphatic heterocycles. The number of benzene rings is 2. The predicted molar refractivity (Wildman–Crippen MR) is 131 cm³/mol. The highest BCUT2D eigenvalue weighted by Crippen LogP contribution is 2.44. The Kier molecular flexibility index (Phi) is 5.49. The summed E-state index contributed by atoms with van der Waals surface area (Å²) in [4.78, 5) is 46.3. The second-order valence-electron chi connectivity index (χ2n) is 9.47. The van der Waals surface area contributed by atoms with Gasteiger partial charge in [-0.25, -0.2) is 9.18 Å². The lowest BCUT2D eigenvalue weighted by Crippen LogP contribution is -2.48. The van der Waals surface area contributed by atoms with Gasteiger partial charge in [-0.05, 0) is 24.3 Å². The van der Waals surface area contributed by atoms with Gasteiger partial charge in [0.05, 0.1) is 11.1 Å². The molecule has 2 N–H and O–H groups in total. The molecule has 186 valence electrons. The molecule has 0 aliphatic carbocycles. The van der Waals surface area contributed by atoms with Gasteiger partial charge in [-0.1, -0.05) is 23.7 Å². The summed E-state index contributed by atoms with van der Waals surface area (Å²) in [5, 5.41) is 4.37. The van der Waals surface area contributed by atoms with Gasteiger partial charge in [0, 0.05) is 73.6 Å². The molecular weight excluding hydrogens is 487 g/mol. The first-order valence-corrected chi connectivity index (χ1v) is 12.4. The van der Waals surface area contributed by atoms with Crippen LogP contribution in [0, 0.1) is 5.82 Å². The Balaban J connectivity index is 1.31. The Morgan fingerprint density at radius 1 is 0.972 bits per heavy atom. The van der Waals surface area contributed by atoms with Crippen molar-refractivity contribution in [2.75, 3.05) is 39.3 Å². The number of carbonyl (C=O) groups excluding carboxylic acids is 3. The topological polar surface area (TPSA) is 94.7 Å². The number of hydrogen-bond donors (Lipinski definition) is 2. The SMILES string of the molecule is O=C1OC2(CCN(C(=O)c3c(C(=O)N4CCNCC4)[nH]c4cc(Cl)ccc34)CC2)c2ccc(F)cc21. The van der Waals surface area contributed by atoms with Crippen LogP contribution in [0.4, 0.5) is 4.39 Å². The van der Waals surface area contributed by atoms with Gasteiger partial charge in [0.25, 0.3) is 11.8 Å². The van der Waals surface area contributed by atoms with E-state index in [9.17, 15) is 18.8 Å². The maximum atomic E-state index is 13.9. The summed E-state index contributed by atoms with van der Waals surface area (Å²) >= 11 is 6.19. The lowest BCUT2D eigenvalue weighted by atomic mass is 9.83. The fourth-order valence-electron chi connectivity index (χ4n) is 5.55. The molecule has 8 nitrogen and oxygen atoms in total. The number of likely N-dealkylation sites (tertiary alicyclic amines) is 1. The molecule has 2 aromatic carbocycles. The maximum Gasteiger partial charge on any atom is 0.339 e. The van der Waals surface area contributed by atoms with E-state index in [1.54, 1.807) is 34.1 Å². The first-order chi connectivity index (χ1) is 17.4. The van der Waals surface area contributed by atoms with E-state index in [1.165, 1.54) is 12.1 Å². The van der Waals surface area contributed by atoms with Crippen LogP contribution in [-0.4, -0.2) is 71.8 Å². The van der Waals surface area contributed by atoms with Gasteiger partial charge in [0.2, 0.25) is 0 Å². The first-order valence-electron chi connectivity index (χ1n) is 12.0. The number of carbonyl (C=O) groups is 3. The third-order valence-electron chi connectivity index (χ3n) is 7.43. The van der Waals surface area contributed by atoms with Crippen molar-refractivity contribution in [1.29, 1.82) is 0 Å². The summed E-state index contributed by atoms with van der Waals surface area (Å²) < 4.78 is 19.4. The third-order valence-corrected chi connectivity index (χ3v) is 7.67. The zero-order chi connectivity index (χ0) is 25.0. The zero-order valence-corrected chi connectivity index (χ0v) is 20.2. The number of H-pyrrole nitrogens is 1. The molecule has 36 heavy (non-hydrogen) atoms. The van der Waals surface area contributed by atoms with Gasteiger partial charge in [-0.2, -0.15) is 0 Å². The van der Waals surface area contributed by atoms with Crippen molar-refractivity contribution in [3.05, 3.63) is 69.6 Å². The van der Waals surface area contributed by atoms with E-state index in [0.717, 1.165) is 0 Å². The predicted octanol–water partition coefficient (Wildman–Crippen LogP) is 3.31. The summed E-state index contributed by atoms with van der Waals surface area (Å²) in [6, 6.07) is 9.29. The van der Waals surface area contributed by atoms with Crippen molar-refractivity contribution >= 4 is 40.3 Å². The van der Waals surface area contributed by atoms with Crippen LogP contribution in [0.1, 0.15) is 49.6 Å². The molecule has 1 spiro atoms. The Bertz CT molecular complexity index is 1410. The number of halogens is 2. The average molecular weight is 511 g/mol. The first kappa shape index (κ1) is 23.0. The van der Waals surface area contributed by atoms with E-state index in [1.807, 2.05) is 0 Å². The number of hydrogen-bond acceptors (Lipinski definition) is 5. The van der Waals surface area contributed by atoms with Crippen LogP contribution in [0.15, 0.2) is 36.4 Å². The zero-order valence-electron chi connectivity index (χ0n) is 19.4. The standard InChI is InChI=1S/C26H24ClFN4O4/c27-15-1-3-17-20(13-15)30-22(24(34)32-11-7-29-8-12-32)21(17)23(33)31-9-5-26(6-10-31)19-4-2-16(28)14-18(19)25(35)36-26/h1-4,13-14,29-30H,5-12H2. The van der Waals surface area contributed by atoms with Crippen LogP contribution in [-0.2, 0) is 10.3 Å². The molecule has 4 heterocycles. The van der Waals surface area contributed by atoms with E-state index >= 15 is 0 Å². The third kappa shape index (κ3) is 3.65. The van der Waals surface area contributed by atoms with Crippen molar-refractivity contribution in [3.63, 3.8) is 0 Å². The molecule has 2 amide bonds. The molecule has 2 saturated heterocycles. The Labute approximate surface area is 211 Å². The minimum atomic E-state index is -0.871. The molecule has 6 rings (SSSR count). The second-order valence-corrected chi connectivity index (χ2v) is 9.91. The van der Waals surface area contributed by atoms with Gasteiger partial charge in [-0.15, -0.1) is 0 Å². The summed E-state index contributed by atoms with van der Waals surface area (Å²) in [5.74, 6) is -1.51. The number of ether oxygens (including phenoxy) is 1. The summed E-state index contributed by atoms with van der Waals surface area (Å²) in [6.07, 6.45) is 0.775. The van der Waals surface area contributed by atoms with Gasteiger partial charge < -0.3 is 24.8 Å². The normalized spacial score (nSPS) is 19.0. The number of aromatic nitrogens is 1. The molecular formula is C26H24ClFN4O4. The van der Waals surface area contributed by atoms with Crippen molar-refractivity contribution in [2.24, 2.45) is 0 Å². The summed E-state index contributed by atoms with van der Waals surface area (Å²) in [7, 11) is 0. The highest BCUT2D eigenvalue weighted by molar-refractivity contribution is 6.31. The summed E-state index contributed by atoms with van der Waals surface area (Å²) in [6.45, 7) is 3.15. The van der Waals surface area contributed by atoms with Crippen LogP contribution in [0.3, 0.4) is 0 Å². The number of rotatable bonds is 2. The molecule has 0 bridgehead atoms. The van der Waals surface area contributed by atoms with Gasteiger partial charge in [-0.3, -0.25) is 9.59 Å². The quantitative estimate of drug-likeness (QED) is 0.516. The van der Waals surface area contributed by atoms with Crippen molar-refractivity contribution in [2.45, 2.75) is 18.4 Å². The van der Waals surface area contributed by atoms with E-state index < -0.39 is 17.4 Å². The number of nitrogens with one attached hydrogen (secondary N) is 2. The van der Waals surface area contributed by atoms with Gasteiger partial charge >= 0.3 is 5.97 Å². The highest BCUT2D eigenvalue weighted by atomic mass is 35.5. The van der Waals surface area contributed by atoms with E-state index in [-0.39, 0.29) is 23.1 Å². The number of piperazine rings is 1. The minimum absolute atomic E-state index is 0.221. The number of fused-ring (bicyclic) bond motifs is 3. The fourth-order valence-corrected chi connectivity index (χ4v) is 5.72. The average Bonchev–Trinajstić information content (AvgIpc) is 3.38.